The van der Waals surface area contributed by atoms with Gasteiger partial charge in [-0.15, -0.1) is 10.2 Å². The Morgan fingerprint density at radius 3 is 2.77 bits per heavy atom. The van der Waals surface area contributed by atoms with Gasteiger partial charge in [0.2, 0.25) is 5.89 Å². The fraction of sp³-hybridized carbons (Fsp3) is 0.500. The molecule has 0 radical (unpaired) electrons. The zero-order valence-corrected chi connectivity index (χ0v) is 12.6. The van der Waals surface area contributed by atoms with Crippen LogP contribution in [0, 0.1) is 5.82 Å². The lowest BCUT2D eigenvalue weighted by atomic mass is 10.1. The minimum Gasteiger partial charge on any atom is -0.419 e. The van der Waals surface area contributed by atoms with Crippen LogP contribution in [0.5, 0.6) is 0 Å². The fourth-order valence-electron chi connectivity index (χ4n) is 2.68. The van der Waals surface area contributed by atoms with Gasteiger partial charge in [-0.25, -0.2) is 4.39 Å². The number of nitrogens with one attached hydrogen (secondary N) is 1. The summed E-state index contributed by atoms with van der Waals surface area (Å²) < 4.78 is 19.2. The Morgan fingerprint density at radius 2 is 1.95 bits per heavy atom. The van der Waals surface area contributed by atoms with Crippen LogP contribution in [-0.4, -0.2) is 41.3 Å². The number of piperidine rings is 1. The van der Waals surface area contributed by atoms with E-state index in [4.69, 9.17) is 4.42 Å². The van der Waals surface area contributed by atoms with Crippen LogP contribution in [0.2, 0.25) is 0 Å². The van der Waals surface area contributed by atoms with Gasteiger partial charge in [0.1, 0.15) is 5.82 Å². The number of benzene rings is 1. The minimum atomic E-state index is -0.351. The van der Waals surface area contributed by atoms with Gasteiger partial charge < -0.3 is 14.6 Å². The Hall–Kier alpha value is -1.79. The standard InChI is InChI=1S/C16H21FN4O/c17-14-7-3-2-6-13(14)16-20-19-15(22-16)12-18-8-11-21-9-4-1-5-10-21/h2-3,6-7,18H,1,4-5,8-12H2. The Bertz CT molecular complexity index is 595. The van der Waals surface area contributed by atoms with Crippen molar-refractivity contribution in [3.63, 3.8) is 0 Å². The van der Waals surface area contributed by atoms with E-state index >= 15 is 0 Å². The third-order valence-electron chi connectivity index (χ3n) is 3.90. The maximum absolute atomic E-state index is 13.6. The van der Waals surface area contributed by atoms with Gasteiger partial charge in [-0.1, -0.05) is 18.6 Å². The first-order valence-corrected chi connectivity index (χ1v) is 7.83. The summed E-state index contributed by atoms with van der Waals surface area (Å²) in [5, 5.41) is 11.2. The molecule has 6 heteroatoms. The average molecular weight is 304 g/mol. The highest BCUT2D eigenvalue weighted by Crippen LogP contribution is 2.20. The summed E-state index contributed by atoms with van der Waals surface area (Å²) in [5.41, 5.74) is 0.342. The van der Waals surface area contributed by atoms with Crippen LogP contribution in [0.25, 0.3) is 11.5 Å². The van der Waals surface area contributed by atoms with Gasteiger partial charge in [0, 0.05) is 13.1 Å². The zero-order chi connectivity index (χ0) is 15.2. The van der Waals surface area contributed by atoms with Crippen LogP contribution in [0.3, 0.4) is 0 Å². The highest BCUT2D eigenvalue weighted by molar-refractivity contribution is 5.53. The first-order valence-electron chi connectivity index (χ1n) is 7.83. The summed E-state index contributed by atoms with van der Waals surface area (Å²) in [6, 6.07) is 6.41. The van der Waals surface area contributed by atoms with Crippen molar-refractivity contribution in [2.24, 2.45) is 0 Å². The largest absolute Gasteiger partial charge is 0.419 e. The van der Waals surface area contributed by atoms with E-state index in [0.717, 1.165) is 13.1 Å². The lowest BCUT2D eigenvalue weighted by Gasteiger charge is -2.26. The molecule has 5 nitrogen and oxygen atoms in total. The molecule has 1 saturated heterocycles. The first-order chi connectivity index (χ1) is 10.8. The van der Waals surface area contributed by atoms with E-state index in [1.54, 1.807) is 18.2 Å². The van der Waals surface area contributed by atoms with E-state index in [9.17, 15) is 4.39 Å². The molecule has 1 aromatic carbocycles. The van der Waals surface area contributed by atoms with Crippen molar-refractivity contribution < 1.29 is 8.81 Å². The fourth-order valence-corrected chi connectivity index (χ4v) is 2.68. The molecule has 0 unspecified atom stereocenters. The quantitative estimate of drug-likeness (QED) is 0.831. The van der Waals surface area contributed by atoms with Crippen molar-refractivity contribution in [1.82, 2.24) is 20.4 Å². The molecule has 0 bridgehead atoms. The molecule has 22 heavy (non-hydrogen) atoms. The van der Waals surface area contributed by atoms with Gasteiger partial charge in [0.15, 0.2) is 0 Å². The van der Waals surface area contributed by atoms with Gasteiger partial charge in [-0.3, -0.25) is 0 Å². The number of nitrogens with zero attached hydrogens (tertiary/aromatic N) is 3. The van der Waals surface area contributed by atoms with Gasteiger partial charge >= 0.3 is 0 Å². The van der Waals surface area contributed by atoms with Crippen molar-refractivity contribution >= 4 is 0 Å². The van der Waals surface area contributed by atoms with Crippen LogP contribution in [0.4, 0.5) is 4.39 Å². The lowest BCUT2D eigenvalue weighted by Crippen LogP contribution is -2.35. The van der Waals surface area contributed by atoms with Gasteiger partial charge in [-0.05, 0) is 38.1 Å². The highest BCUT2D eigenvalue weighted by atomic mass is 19.1. The van der Waals surface area contributed by atoms with Crippen LogP contribution in [0.1, 0.15) is 25.2 Å². The number of likely N-dealkylation sites (tertiary alicyclic amines) is 1. The summed E-state index contributed by atoms with van der Waals surface area (Å²) in [4.78, 5) is 2.47. The molecule has 3 rings (SSSR count). The van der Waals surface area contributed by atoms with Crippen LogP contribution >= 0.6 is 0 Å². The molecule has 1 aliphatic heterocycles. The third kappa shape index (κ3) is 3.90. The summed E-state index contributed by atoms with van der Waals surface area (Å²) in [6.07, 6.45) is 3.95. The van der Waals surface area contributed by atoms with Crippen molar-refractivity contribution in [2.45, 2.75) is 25.8 Å². The van der Waals surface area contributed by atoms with Crippen LogP contribution in [-0.2, 0) is 6.54 Å². The molecule has 1 fully saturated rings. The van der Waals surface area contributed by atoms with Gasteiger partial charge in [-0.2, -0.15) is 0 Å². The molecule has 118 valence electrons. The molecule has 0 aliphatic carbocycles. The monoisotopic (exact) mass is 304 g/mol. The summed E-state index contributed by atoms with van der Waals surface area (Å²) >= 11 is 0. The average Bonchev–Trinajstić information content (AvgIpc) is 3.02. The van der Waals surface area contributed by atoms with E-state index < -0.39 is 0 Å². The Kier molecular flexibility index (Phi) is 5.13. The van der Waals surface area contributed by atoms with Crippen LogP contribution in [0.15, 0.2) is 28.7 Å². The number of hydrogen-bond acceptors (Lipinski definition) is 5. The molecular weight excluding hydrogens is 283 g/mol. The molecular formula is C16H21FN4O. The molecule has 0 atom stereocenters. The number of hydrogen-bond donors (Lipinski definition) is 1. The van der Waals surface area contributed by atoms with Gasteiger partial charge in [0.05, 0.1) is 12.1 Å². The lowest BCUT2D eigenvalue weighted by molar-refractivity contribution is 0.228. The Balaban J connectivity index is 1.47. The summed E-state index contributed by atoms with van der Waals surface area (Å²) in [7, 11) is 0. The smallest absolute Gasteiger partial charge is 0.250 e. The third-order valence-corrected chi connectivity index (χ3v) is 3.90. The van der Waals surface area contributed by atoms with Crippen molar-refractivity contribution in [3.8, 4) is 11.5 Å². The molecule has 0 amide bonds. The minimum absolute atomic E-state index is 0.228. The van der Waals surface area contributed by atoms with E-state index in [1.807, 2.05) is 0 Å². The van der Waals surface area contributed by atoms with E-state index in [1.165, 1.54) is 38.4 Å². The topological polar surface area (TPSA) is 54.2 Å². The highest BCUT2D eigenvalue weighted by Gasteiger charge is 2.12. The van der Waals surface area contributed by atoms with Crippen molar-refractivity contribution in [3.05, 3.63) is 36.0 Å². The molecule has 1 aliphatic rings. The SMILES string of the molecule is Fc1ccccc1-c1nnc(CNCCN2CCCCC2)o1. The molecule has 1 aromatic heterocycles. The molecule has 2 heterocycles. The number of halogens is 1. The summed E-state index contributed by atoms with van der Waals surface area (Å²) in [6.45, 7) is 4.82. The van der Waals surface area contributed by atoms with E-state index in [0.29, 0.717) is 18.0 Å². The number of aromatic nitrogens is 2. The Morgan fingerprint density at radius 1 is 1.14 bits per heavy atom. The maximum atomic E-state index is 13.6. The zero-order valence-electron chi connectivity index (χ0n) is 12.6. The Labute approximate surface area is 129 Å². The van der Waals surface area contributed by atoms with Crippen molar-refractivity contribution in [2.75, 3.05) is 26.2 Å². The van der Waals surface area contributed by atoms with Gasteiger partial charge in [0.25, 0.3) is 5.89 Å². The van der Waals surface area contributed by atoms with E-state index in [2.05, 4.69) is 20.4 Å². The van der Waals surface area contributed by atoms with Crippen molar-refractivity contribution in [1.29, 1.82) is 0 Å². The summed E-state index contributed by atoms with van der Waals surface area (Å²) in [5.74, 6) is 0.360. The normalized spacial score (nSPS) is 16.0. The predicted octanol–water partition coefficient (Wildman–Crippen LogP) is 2.45. The van der Waals surface area contributed by atoms with E-state index in [-0.39, 0.29) is 11.7 Å². The predicted molar refractivity (Wildman–Crippen MR) is 81.7 cm³/mol. The number of rotatable bonds is 6. The van der Waals surface area contributed by atoms with Crippen LogP contribution < -0.4 is 5.32 Å². The second kappa shape index (κ2) is 7.47. The molecule has 2 aromatic rings. The molecule has 1 N–H and O–H groups in total. The second-order valence-corrected chi connectivity index (χ2v) is 5.56. The first kappa shape index (κ1) is 15.1. The maximum Gasteiger partial charge on any atom is 0.250 e. The molecule has 0 spiro atoms. The molecule has 0 saturated carbocycles. The second-order valence-electron chi connectivity index (χ2n) is 5.56.